The van der Waals surface area contributed by atoms with Gasteiger partial charge in [0.05, 0.1) is 13.2 Å². The van der Waals surface area contributed by atoms with E-state index in [1.54, 1.807) is 0 Å². The van der Waals surface area contributed by atoms with Gasteiger partial charge in [0.1, 0.15) is 48.8 Å². The van der Waals surface area contributed by atoms with Gasteiger partial charge in [-0.25, -0.2) is 0 Å². The van der Waals surface area contributed by atoms with Crippen LogP contribution in [-0.2, 0) is 14.2 Å². The topological polar surface area (TPSA) is 190 Å². The summed E-state index contributed by atoms with van der Waals surface area (Å²) in [6.45, 7) is -1.35. The van der Waals surface area contributed by atoms with Crippen LogP contribution in [0.2, 0.25) is 0 Å². The van der Waals surface area contributed by atoms with Crippen LogP contribution in [0.15, 0.2) is 0 Å². The summed E-state index contributed by atoms with van der Waals surface area (Å²) in [5.41, 5.74) is 0. The van der Waals surface area contributed by atoms with Gasteiger partial charge in [0, 0.05) is 0 Å². The zero-order chi connectivity index (χ0) is 17.3. The quantitative estimate of drug-likeness (QED) is 0.243. The number of hydrogen-bond acceptors (Lipinski definition) is 11. The monoisotopic (exact) mass is 342 g/mol. The molecule has 0 saturated carbocycles. The van der Waals surface area contributed by atoms with Crippen LogP contribution in [-0.4, -0.2) is 115 Å². The maximum atomic E-state index is 9.94. The molecule has 0 amide bonds. The van der Waals surface area contributed by atoms with E-state index in [1.165, 1.54) is 0 Å². The second kappa shape index (κ2) is 7.63. The Kier molecular flexibility index (Phi) is 6.27. The van der Waals surface area contributed by atoms with Crippen molar-refractivity contribution < 1.29 is 55.1 Å². The van der Waals surface area contributed by atoms with Crippen molar-refractivity contribution in [3.05, 3.63) is 0 Å². The van der Waals surface area contributed by atoms with Crippen molar-refractivity contribution in [3.63, 3.8) is 0 Å². The molecule has 0 bridgehead atoms. The van der Waals surface area contributed by atoms with Crippen LogP contribution in [0, 0.1) is 0 Å². The number of rotatable bonds is 4. The van der Waals surface area contributed by atoms with Gasteiger partial charge in [-0.3, -0.25) is 0 Å². The molecule has 11 heteroatoms. The van der Waals surface area contributed by atoms with Gasteiger partial charge in [-0.05, 0) is 0 Å². The fraction of sp³-hybridized carbons (Fsp3) is 1.00. The largest absolute Gasteiger partial charge is 0.394 e. The lowest BCUT2D eigenvalue weighted by Crippen LogP contribution is -2.64. The highest BCUT2D eigenvalue weighted by atomic mass is 16.7. The van der Waals surface area contributed by atoms with Gasteiger partial charge in [0.2, 0.25) is 0 Å². The molecule has 0 aromatic rings. The maximum absolute atomic E-state index is 9.94. The second-order valence-electron chi connectivity index (χ2n) is 5.53. The highest BCUT2D eigenvalue weighted by Gasteiger charge is 2.50. The van der Waals surface area contributed by atoms with Crippen LogP contribution in [0.4, 0.5) is 0 Å². The summed E-state index contributed by atoms with van der Waals surface area (Å²) >= 11 is 0. The average Bonchev–Trinajstić information content (AvgIpc) is 2.55. The molecule has 0 aromatic carbocycles. The van der Waals surface area contributed by atoms with E-state index < -0.39 is 74.6 Å². The van der Waals surface area contributed by atoms with Crippen LogP contribution in [0.25, 0.3) is 0 Å². The van der Waals surface area contributed by atoms with Crippen LogP contribution < -0.4 is 0 Å². The summed E-state index contributed by atoms with van der Waals surface area (Å²) in [5, 5.41) is 76.5. The Hall–Kier alpha value is -0.440. The van der Waals surface area contributed by atoms with E-state index in [0.29, 0.717) is 0 Å². The molecule has 2 rings (SSSR count). The van der Waals surface area contributed by atoms with Gasteiger partial charge in [-0.2, -0.15) is 0 Å². The summed E-state index contributed by atoms with van der Waals surface area (Å²) in [4.78, 5) is 0. The predicted octanol–water partition coefficient (Wildman–Crippen LogP) is -5.40. The molecule has 23 heavy (non-hydrogen) atoms. The van der Waals surface area contributed by atoms with Crippen molar-refractivity contribution in [2.45, 2.75) is 61.4 Å². The summed E-state index contributed by atoms with van der Waals surface area (Å²) in [7, 11) is 0. The van der Waals surface area contributed by atoms with Crippen LogP contribution in [0.3, 0.4) is 0 Å². The molecule has 0 spiro atoms. The first-order valence-corrected chi connectivity index (χ1v) is 7.08. The molecule has 0 aromatic heterocycles. The highest BCUT2D eigenvalue weighted by Crippen LogP contribution is 2.28. The Morgan fingerprint density at radius 2 is 1.26 bits per heavy atom. The standard InChI is InChI=1S/C12H22O11/c13-1-3-5(15)6(16)9(19)12(22-3)23-10-4(2-14)21-11(20)8(18)7(10)17/h3-20H,1-2H2/t3-,4-,5+,6+,7-,8-,9+,10+,11+,12+/m1/s1. The van der Waals surface area contributed by atoms with Gasteiger partial charge in [-0.1, -0.05) is 0 Å². The summed E-state index contributed by atoms with van der Waals surface area (Å²) in [6.07, 6.45) is -15.6. The van der Waals surface area contributed by atoms with Gasteiger partial charge in [0.15, 0.2) is 12.6 Å². The van der Waals surface area contributed by atoms with E-state index in [0.717, 1.165) is 0 Å². The van der Waals surface area contributed by atoms with Gasteiger partial charge in [0.25, 0.3) is 0 Å². The Morgan fingerprint density at radius 3 is 1.83 bits per heavy atom. The smallest absolute Gasteiger partial charge is 0.187 e. The number of hydrogen-bond donors (Lipinski definition) is 8. The van der Waals surface area contributed by atoms with E-state index in [1.807, 2.05) is 0 Å². The van der Waals surface area contributed by atoms with Gasteiger partial charge in [-0.15, -0.1) is 0 Å². The Bertz CT molecular complexity index is 378. The van der Waals surface area contributed by atoms with Crippen molar-refractivity contribution in [1.82, 2.24) is 0 Å². The lowest BCUT2D eigenvalue weighted by Gasteiger charge is -2.45. The lowest BCUT2D eigenvalue weighted by molar-refractivity contribution is -0.355. The third kappa shape index (κ3) is 3.65. The zero-order valence-electron chi connectivity index (χ0n) is 12.0. The molecule has 2 aliphatic heterocycles. The maximum Gasteiger partial charge on any atom is 0.187 e. The van der Waals surface area contributed by atoms with Crippen LogP contribution >= 0.6 is 0 Å². The summed E-state index contributed by atoms with van der Waals surface area (Å²) in [6, 6.07) is 0. The minimum absolute atomic E-state index is 0.667. The minimum atomic E-state index is -1.74. The molecule has 0 radical (unpaired) electrons. The molecular weight excluding hydrogens is 320 g/mol. The summed E-state index contributed by atoms with van der Waals surface area (Å²) < 4.78 is 15.3. The Balaban J connectivity index is 2.11. The molecule has 8 N–H and O–H groups in total. The van der Waals surface area contributed by atoms with Crippen molar-refractivity contribution in [1.29, 1.82) is 0 Å². The fourth-order valence-corrected chi connectivity index (χ4v) is 2.57. The van der Waals surface area contributed by atoms with Crippen LogP contribution in [0.1, 0.15) is 0 Å². The SMILES string of the molecule is OC[C@H]1O[C@@H](O[C@@H]2[C@H](O)[C@@H](O)[C@@H](O)O[C@@H]2CO)[C@@H](O)[C@@H](O)[C@H]1O. The Labute approximate surface area is 130 Å². The molecule has 2 fully saturated rings. The van der Waals surface area contributed by atoms with E-state index in [9.17, 15) is 35.7 Å². The lowest BCUT2D eigenvalue weighted by atomic mass is 9.97. The molecule has 10 atom stereocenters. The first-order chi connectivity index (χ1) is 10.8. The number of aliphatic hydroxyl groups is 8. The van der Waals surface area contributed by atoms with Gasteiger partial charge < -0.3 is 55.1 Å². The fourth-order valence-electron chi connectivity index (χ4n) is 2.57. The first kappa shape index (κ1) is 18.9. The average molecular weight is 342 g/mol. The molecule has 136 valence electrons. The molecule has 2 heterocycles. The first-order valence-electron chi connectivity index (χ1n) is 7.08. The van der Waals surface area contributed by atoms with Gasteiger partial charge >= 0.3 is 0 Å². The second-order valence-corrected chi connectivity index (χ2v) is 5.53. The van der Waals surface area contributed by atoms with Crippen molar-refractivity contribution in [3.8, 4) is 0 Å². The number of ether oxygens (including phenoxy) is 3. The molecule has 11 nitrogen and oxygen atoms in total. The molecule has 2 aliphatic rings. The highest BCUT2D eigenvalue weighted by molar-refractivity contribution is 4.93. The van der Waals surface area contributed by atoms with E-state index in [4.69, 9.17) is 19.3 Å². The van der Waals surface area contributed by atoms with Crippen molar-refractivity contribution in [2.24, 2.45) is 0 Å². The third-order valence-electron chi connectivity index (χ3n) is 3.98. The minimum Gasteiger partial charge on any atom is -0.394 e. The molecule has 2 saturated heterocycles. The van der Waals surface area contributed by atoms with E-state index in [2.05, 4.69) is 0 Å². The zero-order valence-corrected chi connectivity index (χ0v) is 12.0. The van der Waals surface area contributed by atoms with Crippen molar-refractivity contribution >= 4 is 0 Å². The van der Waals surface area contributed by atoms with E-state index >= 15 is 0 Å². The normalized spacial score (nSPS) is 51.7. The van der Waals surface area contributed by atoms with Crippen molar-refractivity contribution in [2.75, 3.05) is 13.2 Å². The molecule has 0 unspecified atom stereocenters. The summed E-state index contributed by atoms with van der Waals surface area (Å²) in [5.74, 6) is 0. The third-order valence-corrected chi connectivity index (χ3v) is 3.98. The predicted molar refractivity (Wildman–Crippen MR) is 68.6 cm³/mol. The molecule has 0 aliphatic carbocycles. The van der Waals surface area contributed by atoms with Crippen LogP contribution in [0.5, 0.6) is 0 Å². The number of aliphatic hydroxyl groups excluding tert-OH is 8. The van der Waals surface area contributed by atoms with E-state index in [-0.39, 0.29) is 0 Å². The molecular formula is C12H22O11. The Morgan fingerprint density at radius 1 is 0.652 bits per heavy atom.